The molecular weight excluding hydrogens is 341 g/mol. The second kappa shape index (κ2) is 9.05. The van der Waals surface area contributed by atoms with E-state index in [1.54, 1.807) is 0 Å². The van der Waals surface area contributed by atoms with Crippen LogP contribution in [-0.4, -0.2) is 29.9 Å². The molecule has 138 valence electrons. The van der Waals surface area contributed by atoms with Crippen molar-refractivity contribution in [1.29, 1.82) is 0 Å². The van der Waals surface area contributed by atoms with Gasteiger partial charge in [0.05, 0.1) is 17.8 Å². The van der Waals surface area contributed by atoms with Gasteiger partial charge in [0.15, 0.2) is 0 Å². The highest BCUT2D eigenvalue weighted by molar-refractivity contribution is 7.65. The molecule has 1 aromatic rings. The van der Waals surface area contributed by atoms with Crippen LogP contribution in [0, 0.1) is 18.0 Å². The third kappa shape index (κ3) is 7.74. The van der Waals surface area contributed by atoms with Crippen molar-refractivity contribution < 1.29 is 23.7 Å². The maximum Gasteiger partial charge on any atom is 0.367 e. The molecule has 0 amide bonds. The monoisotopic (exact) mass is 367 g/mol. The second-order valence-electron chi connectivity index (χ2n) is 6.74. The van der Waals surface area contributed by atoms with E-state index < -0.39 is 19.1 Å². The third-order valence-electron chi connectivity index (χ3n) is 3.36. The molecule has 1 rings (SSSR count). The number of carboxylic acids is 1. The number of terminal acetylenes is 1. The smallest absolute Gasteiger partial charge is 0.367 e. The van der Waals surface area contributed by atoms with E-state index in [0.717, 1.165) is 6.42 Å². The highest BCUT2D eigenvalue weighted by Crippen LogP contribution is 2.46. The fourth-order valence-electron chi connectivity index (χ4n) is 1.82. The van der Waals surface area contributed by atoms with E-state index in [-0.39, 0.29) is 12.2 Å². The van der Waals surface area contributed by atoms with E-state index in [9.17, 15) is 9.36 Å². The van der Waals surface area contributed by atoms with Gasteiger partial charge in [-0.05, 0) is 50.5 Å². The number of nitrogens with one attached hydrogen (secondary N) is 1. The molecule has 1 aromatic carbocycles. The van der Waals surface area contributed by atoms with Crippen LogP contribution in [-0.2, 0) is 13.8 Å². The Morgan fingerprint density at radius 1 is 1.36 bits per heavy atom. The highest BCUT2D eigenvalue weighted by atomic mass is 31.2. The molecule has 0 aliphatic rings. The van der Waals surface area contributed by atoms with Crippen molar-refractivity contribution >= 4 is 19.2 Å². The summed E-state index contributed by atoms with van der Waals surface area (Å²) in [4.78, 5) is 10.8. The summed E-state index contributed by atoms with van der Waals surface area (Å²) in [6, 6.07) is 5.76. The minimum Gasteiger partial charge on any atom is -0.478 e. The SMILES string of the molecule is C#CP(=O)(Nc1ccc(C(=O)O)cc1)OCC(C)(C)OCCC(C)C. The minimum atomic E-state index is -3.56. The van der Waals surface area contributed by atoms with E-state index >= 15 is 0 Å². The molecule has 1 unspecified atom stereocenters. The summed E-state index contributed by atoms with van der Waals surface area (Å²) in [5, 5.41) is 11.6. The maximum atomic E-state index is 12.7. The molecule has 0 aromatic heterocycles. The fourth-order valence-corrected chi connectivity index (χ4v) is 3.00. The Morgan fingerprint density at radius 2 is 1.96 bits per heavy atom. The molecule has 6 nitrogen and oxygen atoms in total. The average Bonchev–Trinajstić information content (AvgIpc) is 2.53. The van der Waals surface area contributed by atoms with Gasteiger partial charge in [-0.25, -0.2) is 4.79 Å². The van der Waals surface area contributed by atoms with Gasteiger partial charge in [-0.1, -0.05) is 13.8 Å². The molecule has 25 heavy (non-hydrogen) atoms. The zero-order chi connectivity index (χ0) is 19.1. The van der Waals surface area contributed by atoms with Gasteiger partial charge in [-0.2, -0.15) is 0 Å². The van der Waals surface area contributed by atoms with Crippen molar-refractivity contribution in [1.82, 2.24) is 0 Å². The number of ether oxygens (including phenoxy) is 1. The molecule has 0 aliphatic heterocycles. The predicted octanol–water partition coefficient (Wildman–Crippen LogP) is 4.44. The zero-order valence-electron chi connectivity index (χ0n) is 15.1. The Morgan fingerprint density at radius 3 is 2.44 bits per heavy atom. The summed E-state index contributed by atoms with van der Waals surface area (Å²) >= 11 is 0. The summed E-state index contributed by atoms with van der Waals surface area (Å²) in [6.45, 7) is 8.55. The molecule has 0 saturated carbocycles. The highest BCUT2D eigenvalue weighted by Gasteiger charge is 2.27. The number of anilines is 1. The molecule has 0 fully saturated rings. The van der Waals surface area contributed by atoms with Crippen molar-refractivity contribution in [2.75, 3.05) is 18.3 Å². The molecule has 0 radical (unpaired) electrons. The van der Waals surface area contributed by atoms with E-state index in [4.69, 9.17) is 20.8 Å². The number of hydrogen-bond donors (Lipinski definition) is 2. The van der Waals surface area contributed by atoms with Crippen molar-refractivity contribution in [3.8, 4) is 12.1 Å². The molecule has 1 atom stereocenters. The van der Waals surface area contributed by atoms with Gasteiger partial charge in [-0.15, -0.1) is 6.42 Å². The van der Waals surface area contributed by atoms with Crippen LogP contribution in [0.2, 0.25) is 0 Å². The van der Waals surface area contributed by atoms with Crippen LogP contribution < -0.4 is 5.09 Å². The Kier molecular flexibility index (Phi) is 7.69. The first-order valence-electron chi connectivity index (χ1n) is 8.05. The van der Waals surface area contributed by atoms with Gasteiger partial charge in [0, 0.05) is 18.0 Å². The molecule has 0 spiro atoms. The van der Waals surface area contributed by atoms with Crippen LogP contribution in [0.5, 0.6) is 0 Å². The molecular formula is C18H26NO5P. The van der Waals surface area contributed by atoms with Gasteiger partial charge in [-0.3, -0.25) is 4.57 Å². The lowest BCUT2D eigenvalue weighted by molar-refractivity contribution is -0.0492. The van der Waals surface area contributed by atoms with Crippen molar-refractivity contribution in [2.24, 2.45) is 5.92 Å². The lowest BCUT2D eigenvalue weighted by atomic mass is 10.1. The summed E-state index contributed by atoms with van der Waals surface area (Å²) in [6.07, 6.45) is 6.29. The number of carboxylic acid groups (broad SMARTS) is 1. The van der Waals surface area contributed by atoms with Gasteiger partial charge >= 0.3 is 13.5 Å². The lowest BCUT2D eigenvalue weighted by Crippen LogP contribution is -2.31. The first-order valence-corrected chi connectivity index (χ1v) is 9.67. The Labute approximate surface area is 149 Å². The number of hydrogen-bond acceptors (Lipinski definition) is 4. The normalized spacial score (nSPS) is 13.9. The van der Waals surface area contributed by atoms with E-state index in [1.165, 1.54) is 24.3 Å². The standard InChI is InChI=1S/C18H26NO5P/c1-6-25(22,19-16-9-7-15(8-10-16)17(20)21)24-13-18(4,5)23-12-11-14(2)3/h1,7-10,14H,11-13H2,2-5H3,(H,19,22)(H,20,21). The summed E-state index contributed by atoms with van der Waals surface area (Å²) in [5.74, 6) is -0.507. The van der Waals surface area contributed by atoms with Gasteiger partial charge in [0.2, 0.25) is 0 Å². The van der Waals surface area contributed by atoms with E-state index in [0.29, 0.717) is 18.2 Å². The molecule has 0 saturated heterocycles. The maximum absolute atomic E-state index is 12.7. The third-order valence-corrected chi connectivity index (χ3v) is 4.75. The molecule has 0 bridgehead atoms. The summed E-state index contributed by atoms with van der Waals surface area (Å²) in [5.41, 5.74) is 2.08. The number of carbonyl (C=O) groups is 1. The fraction of sp³-hybridized carbons (Fsp3) is 0.500. The van der Waals surface area contributed by atoms with E-state index in [1.807, 2.05) is 13.8 Å². The zero-order valence-corrected chi connectivity index (χ0v) is 16.0. The quantitative estimate of drug-likeness (QED) is 0.470. The van der Waals surface area contributed by atoms with Gasteiger partial charge < -0.3 is 19.5 Å². The van der Waals surface area contributed by atoms with Gasteiger partial charge in [0.1, 0.15) is 0 Å². The lowest BCUT2D eigenvalue weighted by Gasteiger charge is -2.27. The van der Waals surface area contributed by atoms with E-state index in [2.05, 4.69) is 24.6 Å². The van der Waals surface area contributed by atoms with Crippen LogP contribution in [0.3, 0.4) is 0 Å². The number of aromatic carboxylic acids is 1. The largest absolute Gasteiger partial charge is 0.478 e. The number of rotatable bonds is 10. The van der Waals surface area contributed by atoms with Crippen LogP contribution in [0.1, 0.15) is 44.5 Å². The minimum absolute atomic E-state index is 0.0623. The predicted molar refractivity (Wildman–Crippen MR) is 98.9 cm³/mol. The van der Waals surface area contributed by atoms with Crippen LogP contribution in [0.15, 0.2) is 24.3 Å². The average molecular weight is 367 g/mol. The summed E-state index contributed by atoms with van der Waals surface area (Å²) < 4.78 is 23.9. The molecule has 2 N–H and O–H groups in total. The second-order valence-corrected chi connectivity index (χ2v) is 8.58. The van der Waals surface area contributed by atoms with Crippen LogP contribution in [0.25, 0.3) is 0 Å². The number of benzene rings is 1. The summed E-state index contributed by atoms with van der Waals surface area (Å²) in [7, 11) is -3.56. The van der Waals surface area contributed by atoms with Crippen LogP contribution in [0.4, 0.5) is 5.69 Å². The Bertz CT molecular complexity index is 661. The molecule has 0 aliphatic carbocycles. The van der Waals surface area contributed by atoms with Crippen LogP contribution >= 0.6 is 7.52 Å². The van der Waals surface area contributed by atoms with Crippen molar-refractivity contribution in [2.45, 2.75) is 39.7 Å². The van der Waals surface area contributed by atoms with Crippen molar-refractivity contribution in [3.63, 3.8) is 0 Å². The molecule has 0 heterocycles. The topological polar surface area (TPSA) is 84.9 Å². The Balaban J connectivity index is 2.65. The Hall–Kier alpha value is -1.80. The van der Waals surface area contributed by atoms with Gasteiger partial charge in [0.25, 0.3) is 0 Å². The molecule has 7 heteroatoms. The first kappa shape index (κ1) is 21.2. The first-order chi connectivity index (χ1) is 11.6. The van der Waals surface area contributed by atoms with Crippen molar-refractivity contribution in [3.05, 3.63) is 29.8 Å².